The largest absolute Gasteiger partial charge is 0.347 e. The van der Waals surface area contributed by atoms with E-state index in [0.29, 0.717) is 0 Å². The fraction of sp³-hybridized carbons (Fsp3) is 0.385. The molecule has 5 heteroatoms. The number of hydrogen-bond donors (Lipinski definition) is 2. The van der Waals surface area contributed by atoms with E-state index in [4.69, 9.17) is 4.55 Å². The van der Waals surface area contributed by atoms with Crippen LogP contribution in [0.3, 0.4) is 0 Å². The summed E-state index contributed by atoms with van der Waals surface area (Å²) in [6.45, 7) is 0. The van der Waals surface area contributed by atoms with Gasteiger partial charge < -0.3 is 4.57 Å². The third kappa shape index (κ3) is 1.88. The summed E-state index contributed by atoms with van der Waals surface area (Å²) in [4.78, 5) is 0. The van der Waals surface area contributed by atoms with Crippen molar-refractivity contribution in [2.24, 2.45) is 7.05 Å². The van der Waals surface area contributed by atoms with Crippen molar-refractivity contribution in [3.63, 3.8) is 0 Å². The minimum absolute atomic E-state index is 0.0918. The lowest BCUT2D eigenvalue weighted by Gasteiger charge is -2.22. The summed E-state index contributed by atoms with van der Waals surface area (Å²) < 4.78 is 24.7. The van der Waals surface area contributed by atoms with Crippen molar-refractivity contribution in [2.75, 3.05) is 0 Å². The smallest absolute Gasteiger partial charge is 0.231 e. The molecule has 3 rings (SSSR count). The molecule has 0 saturated carbocycles. The van der Waals surface area contributed by atoms with Crippen molar-refractivity contribution in [2.45, 2.75) is 25.3 Å². The van der Waals surface area contributed by atoms with E-state index in [0.717, 1.165) is 19.3 Å². The minimum atomic E-state index is -1.92. The lowest BCUT2D eigenvalue weighted by Crippen LogP contribution is -2.35. The van der Waals surface area contributed by atoms with Crippen molar-refractivity contribution in [3.05, 3.63) is 35.5 Å². The van der Waals surface area contributed by atoms with Crippen molar-refractivity contribution in [3.8, 4) is 0 Å². The molecule has 1 aromatic carbocycles. The number of hydrogen-bond acceptors (Lipinski definition) is 1. The van der Waals surface area contributed by atoms with E-state index in [9.17, 15) is 4.21 Å². The molecule has 2 N–H and O–H groups in total. The topological polar surface area (TPSA) is 54.3 Å². The number of fused-ring (bicyclic) bond motifs is 3. The van der Waals surface area contributed by atoms with Gasteiger partial charge in [0.05, 0.1) is 0 Å². The van der Waals surface area contributed by atoms with Crippen LogP contribution in [-0.2, 0) is 31.2 Å². The number of nitrogens with zero attached hydrogens (tertiary/aromatic N) is 1. The summed E-state index contributed by atoms with van der Waals surface area (Å²) in [5, 5.41) is 1.27. The van der Waals surface area contributed by atoms with Crippen LogP contribution in [0.4, 0.5) is 0 Å². The fourth-order valence-electron chi connectivity index (χ4n) is 2.97. The highest BCUT2D eigenvalue weighted by molar-refractivity contribution is 7.77. The van der Waals surface area contributed by atoms with Gasteiger partial charge in [0.1, 0.15) is 0 Å². The Labute approximate surface area is 108 Å². The van der Waals surface area contributed by atoms with Gasteiger partial charge in [-0.2, -0.15) is 0 Å². The Morgan fingerprint density at radius 1 is 1.44 bits per heavy atom. The molecule has 1 aromatic heterocycles. The Morgan fingerprint density at radius 3 is 3.00 bits per heavy atom. The molecule has 2 atom stereocenters. The summed E-state index contributed by atoms with van der Waals surface area (Å²) in [6.07, 6.45) is 2.68. The van der Waals surface area contributed by atoms with Crippen LogP contribution in [0.25, 0.3) is 10.9 Å². The summed E-state index contributed by atoms with van der Waals surface area (Å²) >= 11 is -1.92. The van der Waals surface area contributed by atoms with Gasteiger partial charge in [0.25, 0.3) is 0 Å². The van der Waals surface area contributed by atoms with E-state index in [1.807, 2.05) is 12.1 Å². The summed E-state index contributed by atoms with van der Waals surface area (Å²) in [5.41, 5.74) is 3.92. The van der Waals surface area contributed by atoms with Crippen LogP contribution in [0.15, 0.2) is 24.3 Å². The van der Waals surface area contributed by atoms with Crippen LogP contribution in [0, 0.1) is 0 Å². The molecule has 96 valence electrons. The van der Waals surface area contributed by atoms with Gasteiger partial charge in [-0.3, -0.25) is 4.55 Å². The predicted octanol–water partition coefficient (Wildman–Crippen LogP) is 1.76. The number of rotatable bonds is 2. The molecule has 0 amide bonds. The molecule has 0 bridgehead atoms. The Balaban J connectivity index is 2.04. The first-order chi connectivity index (χ1) is 8.66. The van der Waals surface area contributed by atoms with Gasteiger partial charge >= 0.3 is 0 Å². The molecule has 2 aromatic rings. The lowest BCUT2D eigenvalue weighted by molar-refractivity contribution is 0.487. The average Bonchev–Trinajstić information content (AvgIpc) is 2.63. The minimum Gasteiger partial charge on any atom is -0.347 e. The third-order valence-corrected chi connectivity index (χ3v) is 4.33. The zero-order chi connectivity index (χ0) is 12.7. The second kappa shape index (κ2) is 4.50. The molecule has 0 radical (unpaired) electrons. The van der Waals surface area contributed by atoms with E-state index in [-0.39, 0.29) is 6.04 Å². The molecule has 0 fully saturated rings. The lowest BCUT2D eigenvalue weighted by atomic mass is 9.92. The van der Waals surface area contributed by atoms with Crippen molar-refractivity contribution < 1.29 is 8.76 Å². The van der Waals surface area contributed by atoms with Gasteiger partial charge in [-0.1, -0.05) is 18.2 Å². The number of para-hydroxylation sites is 1. The SMILES string of the molecule is Cn1c2c(c3ccccc31)CC(NS(=O)O)CC2. The van der Waals surface area contributed by atoms with Gasteiger partial charge in [-0.05, 0) is 30.9 Å². The number of nitrogens with one attached hydrogen (secondary N) is 1. The third-order valence-electron chi connectivity index (χ3n) is 3.79. The first-order valence-corrected chi connectivity index (χ1v) is 7.19. The van der Waals surface area contributed by atoms with Crippen LogP contribution >= 0.6 is 0 Å². The predicted molar refractivity (Wildman–Crippen MR) is 72.6 cm³/mol. The Bertz CT molecular complexity index is 621. The van der Waals surface area contributed by atoms with Crippen molar-refractivity contribution in [1.82, 2.24) is 9.29 Å². The maximum absolute atomic E-state index is 10.8. The van der Waals surface area contributed by atoms with E-state index in [1.165, 1.54) is 22.2 Å². The Hall–Kier alpha value is -1.17. The molecule has 18 heavy (non-hydrogen) atoms. The molecule has 1 aliphatic carbocycles. The highest BCUT2D eigenvalue weighted by atomic mass is 32.2. The fourth-order valence-corrected chi connectivity index (χ4v) is 3.46. The molecule has 4 nitrogen and oxygen atoms in total. The normalized spacial score (nSPS) is 20.9. The first kappa shape index (κ1) is 11.9. The quantitative estimate of drug-likeness (QED) is 0.812. The molecule has 0 aliphatic heterocycles. The van der Waals surface area contributed by atoms with Crippen molar-refractivity contribution >= 4 is 22.2 Å². The van der Waals surface area contributed by atoms with Crippen LogP contribution in [-0.4, -0.2) is 19.4 Å². The summed E-state index contributed by atoms with van der Waals surface area (Å²) in [7, 11) is 2.10. The Kier molecular flexibility index (Phi) is 2.97. The second-order valence-electron chi connectivity index (χ2n) is 4.81. The second-order valence-corrected chi connectivity index (χ2v) is 5.54. The van der Waals surface area contributed by atoms with Gasteiger partial charge in [0, 0.05) is 29.7 Å². The molecule has 0 spiro atoms. The van der Waals surface area contributed by atoms with Crippen LogP contribution in [0.2, 0.25) is 0 Å². The van der Waals surface area contributed by atoms with Gasteiger partial charge in [0.2, 0.25) is 11.3 Å². The average molecular weight is 264 g/mol. The number of benzene rings is 1. The molecular formula is C13H16N2O2S. The zero-order valence-electron chi connectivity index (χ0n) is 10.2. The standard InChI is InChI=1S/C13H16N2O2S/c1-15-12-5-3-2-4-10(12)11-8-9(14-18(16)17)6-7-13(11)15/h2-5,9,14H,6-8H2,1H3,(H,16,17). The van der Waals surface area contributed by atoms with Crippen LogP contribution in [0.1, 0.15) is 17.7 Å². The Morgan fingerprint density at radius 2 is 2.22 bits per heavy atom. The monoisotopic (exact) mass is 264 g/mol. The van der Waals surface area contributed by atoms with E-state index >= 15 is 0 Å². The zero-order valence-corrected chi connectivity index (χ0v) is 11.0. The van der Waals surface area contributed by atoms with Gasteiger partial charge in [-0.25, -0.2) is 8.93 Å². The summed E-state index contributed by atoms with van der Waals surface area (Å²) in [6, 6.07) is 8.44. The maximum Gasteiger partial charge on any atom is 0.231 e. The highest BCUT2D eigenvalue weighted by Gasteiger charge is 2.24. The van der Waals surface area contributed by atoms with Crippen molar-refractivity contribution in [1.29, 1.82) is 0 Å². The maximum atomic E-state index is 10.8. The molecule has 1 aliphatic rings. The number of aromatic nitrogens is 1. The first-order valence-electron chi connectivity index (χ1n) is 6.09. The summed E-state index contributed by atoms with van der Waals surface area (Å²) in [5.74, 6) is 0. The van der Waals surface area contributed by atoms with Crippen LogP contribution in [0.5, 0.6) is 0 Å². The molecular weight excluding hydrogens is 248 g/mol. The highest BCUT2D eigenvalue weighted by Crippen LogP contribution is 2.31. The number of aryl methyl sites for hydroxylation is 1. The van der Waals surface area contributed by atoms with Gasteiger partial charge in [0.15, 0.2) is 0 Å². The van der Waals surface area contributed by atoms with E-state index in [2.05, 4.69) is 28.5 Å². The molecule has 1 heterocycles. The van der Waals surface area contributed by atoms with Gasteiger partial charge in [-0.15, -0.1) is 0 Å². The molecule has 0 saturated heterocycles. The molecule has 2 unspecified atom stereocenters. The van der Waals surface area contributed by atoms with E-state index < -0.39 is 11.3 Å². The van der Waals surface area contributed by atoms with Crippen LogP contribution < -0.4 is 4.72 Å². The van der Waals surface area contributed by atoms with E-state index in [1.54, 1.807) is 0 Å².